The van der Waals surface area contributed by atoms with Gasteiger partial charge < -0.3 is 5.11 Å². The molecule has 1 aliphatic rings. The first-order valence-electron chi connectivity index (χ1n) is 6.69. The highest BCUT2D eigenvalue weighted by Gasteiger charge is 2.43. The standard InChI is InChI=1S/C15H16ClFN2O/c1-9(2)19-14(12(16)8-18-19)15(20)7-6-10-11(15)4-3-5-13(10)17/h3-5,8-9,20H,6-7H2,1-2H3. The molecule has 1 N–H and O–H groups in total. The molecule has 0 fully saturated rings. The van der Waals surface area contributed by atoms with E-state index in [9.17, 15) is 9.50 Å². The van der Waals surface area contributed by atoms with Gasteiger partial charge in [0.05, 0.1) is 16.9 Å². The lowest BCUT2D eigenvalue weighted by molar-refractivity contribution is 0.0715. The maximum Gasteiger partial charge on any atom is 0.133 e. The van der Waals surface area contributed by atoms with E-state index in [0.717, 1.165) is 0 Å². The van der Waals surface area contributed by atoms with Crippen molar-refractivity contribution in [2.45, 2.75) is 38.3 Å². The topological polar surface area (TPSA) is 38.0 Å². The molecule has 2 aromatic rings. The first kappa shape index (κ1) is 13.6. The number of rotatable bonds is 2. The number of nitrogens with zero attached hydrogens (tertiary/aromatic N) is 2. The molecule has 0 radical (unpaired) electrons. The SMILES string of the molecule is CC(C)n1ncc(Cl)c1C1(O)CCc2c(F)cccc21. The van der Waals surface area contributed by atoms with Crippen molar-refractivity contribution in [3.8, 4) is 0 Å². The van der Waals surface area contributed by atoms with Crippen LogP contribution in [0.25, 0.3) is 0 Å². The fraction of sp³-hybridized carbons (Fsp3) is 0.400. The third-order valence-corrected chi connectivity index (χ3v) is 4.21. The van der Waals surface area contributed by atoms with Crippen LogP contribution in [0.3, 0.4) is 0 Å². The molecule has 5 heteroatoms. The molecule has 1 heterocycles. The van der Waals surface area contributed by atoms with Gasteiger partial charge in [-0.1, -0.05) is 23.7 Å². The van der Waals surface area contributed by atoms with Crippen molar-refractivity contribution in [3.63, 3.8) is 0 Å². The van der Waals surface area contributed by atoms with Crippen LogP contribution in [-0.2, 0) is 12.0 Å². The molecule has 0 amide bonds. The monoisotopic (exact) mass is 294 g/mol. The van der Waals surface area contributed by atoms with Crippen LogP contribution >= 0.6 is 11.6 Å². The van der Waals surface area contributed by atoms with Crippen molar-refractivity contribution < 1.29 is 9.50 Å². The second kappa shape index (κ2) is 4.57. The lowest BCUT2D eigenvalue weighted by Gasteiger charge is -2.27. The molecule has 106 valence electrons. The summed E-state index contributed by atoms with van der Waals surface area (Å²) in [5.41, 5.74) is 0.456. The van der Waals surface area contributed by atoms with Crippen molar-refractivity contribution in [1.29, 1.82) is 0 Å². The molecule has 0 saturated carbocycles. The Kier molecular flexibility index (Phi) is 3.10. The van der Waals surface area contributed by atoms with Gasteiger partial charge in [0.1, 0.15) is 11.4 Å². The van der Waals surface area contributed by atoms with Gasteiger partial charge in [-0.05, 0) is 43.9 Å². The van der Waals surface area contributed by atoms with Crippen LogP contribution in [0.5, 0.6) is 0 Å². The molecule has 1 unspecified atom stereocenters. The van der Waals surface area contributed by atoms with Crippen molar-refractivity contribution in [1.82, 2.24) is 9.78 Å². The largest absolute Gasteiger partial charge is 0.379 e. The molecule has 1 aromatic heterocycles. The smallest absolute Gasteiger partial charge is 0.133 e. The van der Waals surface area contributed by atoms with E-state index in [0.29, 0.717) is 34.7 Å². The van der Waals surface area contributed by atoms with E-state index in [1.807, 2.05) is 13.8 Å². The third kappa shape index (κ3) is 1.79. The predicted molar refractivity (Wildman–Crippen MR) is 75.3 cm³/mol. The summed E-state index contributed by atoms with van der Waals surface area (Å²) in [7, 11) is 0. The summed E-state index contributed by atoms with van der Waals surface area (Å²) in [6, 6.07) is 4.87. The lowest BCUT2D eigenvalue weighted by Crippen LogP contribution is -2.29. The Bertz CT molecular complexity index is 668. The molecule has 20 heavy (non-hydrogen) atoms. The van der Waals surface area contributed by atoms with E-state index in [1.54, 1.807) is 16.8 Å². The van der Waals surface area contributed by atoms with Crippen molar-refractivity contribution in [2.24, 2.45) is 0 Å². The van der Waals surface area contributed by atoms with Crippen molar-refractivity contribution in [3.05, 3.63) is 52.1 Å². The van der Waals surface area contributed by atoms with Gasteiger partial charge in [0, 0.05) is 6.04 Å². The van der Waals surface area contributed by atoms with Crippen LogP contribution in [0, 0.1) is 5.82 Å². The van der Waals surface area contributed by atoms with E-state index in [2.05, 4.69) is 5.10 Å². The molecule has 0 bridgehead atoms. The average Bonchev–Trinajstić information content (AvgIpc) is 2.93. The van der Waals surface area contributed by atoms with Gasteiger partial charge >= 0.3 is 0 Å². The minimum atomic E-state index is -1.27. The molecule has 1 atom stereocenters. The van der Waals surface area contributed by atoms with E-state index in [-0.39, 0.29) is 11.9 Å². The highest BCUT2D eigenvalue weighted by molar-refractivity contribution is 6.31. The molecular formula is C15H16ClFN2O. The molecule has 1 aromatic carbocycles. The summed E-state index contributed by atoms with van der Waals surface area (Å²) in [5, 5.41) is 15.8. The number of hydrogen-bond acceptors (Lipinski definition) is 2. The summed E-state index contributed by atoms with van der Waals surface area (Å²) in [5.74, 6) is -0.273. The minimum absolute atomic E-state index is 0.0686. The van der Waals surface area contributed by atoms with Crippen LogP contribution in [-0.4, -0.2) is 14.9 Å². The molecule has 0 saturated heterocycles. The van der Waals surface area contributed by atoms with Crippen LogP contribution in [0.2, 0.25) is 5.02 Å². The van der Waals surface area contributed by atoms with Gasteiger partial charge in [-0.3, -0.25) is 4.68 Å². The summed E-state index contributed by atoms with van der Waals surface area (Å²) in [6.45, 7) is 3.94. The lowest BCUT2D eigenvalue weighted by atomic mass is 9.92. The first-order valence-corrected chi connectivity index (χ1v) is 7.06. The van der Waals surface area contributed by atoms with Gasteiger partial charge in [0.25, 0.3) is 0 Å². The second-order valence-corrected chi connectivity index (χ2v) is 5.91. The van der Waals surface area contributed by atoms with E-state index >= 15 is 0 Å². The first-order chi connectivity index (χ1) is 9.45. The number of fused-ring (bicyclic) bond motifs is 1. The van der Waals surface area contributed by atoms with Crippen LogP contribution in [0.15, 0.2) is 24.4 Å². The molecule has 3 nitrogen and oxygen atoms in total. The Morgan fingerprint density at radius 3 is 2.90 bits per heavy atom. The zero-order valence-corrected chi connectivity index (χ0v) is 12.2. The molecule has 3 rings (SSSR count). The summed E-state index contributed by atoms with van der Waals surface area (Å²) in [6.07, 6.45) is 2.45. The summed E-state index contributed by atoms with van der Waals surface area (Å²) in [4.78, 5) is 0. The van der Waals surface area contributed by atoms with Gasteiger partial charge in [-0.25, -0.2) is 4.39 Å². The number of benzene rings is 1. The second-order valence-electron chi connectivity index (χ2n) is 5.51. The van der Waals surface area contributed by atoms with E-state index < -0.39 is 5.60 Å². The minimum Gasteiger partial charge on any atom is -0.379 e. The van der Waals surface area contributed by atoms with E-state index in [1.165, 1.54) is 12.3 Å². The van der Waals surface area contributed by atoms with Gasteiger partial charge in [0.15, 0.2) is 0 Å². The van der Waals surface area contributed by atoms with Gasteiger partial charge in [-0.2, -0.15) is 5.10 Å². The summed E-state index contributed by atoms with van der Waals surface area (Å²) < 4.78 is 15.6. The maximum atomic E-state index is 13.9. The zero-order chi connectivity index (χ0) is 14.5. The zero-order valence-electron chi connectivity index (χ0n) is 11.4. The molecule has 0 aliphatic heterocycles. The van der Waals surface area contributed by atoms with Crippen LogP contribution < -0.4 is 0 Å². The molecule has 1 aliphatic carbocycles. The average molecular weight is 295 g/mol. The number of aromatic nitrogens is 2. The van der Waals surface area contributed by atoms with Gasteiger partial charge in [0.2, 0.25) is 0 Å². The number of halogens is 2. The Hall–Kier alpha value is -1.39. The Labute approximate surface area is 122 Å². The number of hydrogen-bond donors (Lipinski definition) is 1. The fourth-order valence-electron chi connectivity index (χ4n) is 3.01. The van der Waals surface area contributed by atoms with Crippen molar-refractivity contribution >= 4 is 11.6 Å². The quantitative estimate of drug-likeness (QED) is 0.921. The normalized spacial score (nSPS) is 21.5. The van der Waals surface area contributed by atoms with Crippen LogP contribution in [0.4, 0.5) is 4.39 Å². The Balaban J connectivity index is 2.22. The Morgan fingerprint density at radius 1 is 1.45 bits per heavy atom. The third-order valence-electron chi connectivity index (χ3n) is 3.93. The molecular weight excluding hydrogens is 279 g/mol. The maximum absolute atomic E-state index is 13.9. The number of aliphatic hydroxyl groups is 1. The molecule has 0 spiro atoms. The highest BCUT2D eigenvalue weighted by Crippen LogP contribution is 2.45. The van der Waals surface area contributed by atoms with Gasteiger partial charge in [-0.15, -0.1) is 0 Å². The highest BCUT2D eigenvalue weighted by atomic mass is 35.5. The summed E-state index contributed by atoms with van der Waals surface area (Å²) >= 11 is 6.23. The fourth-order valence-corrected chi connectivity index (χ4v) is 3.29. The van der Waals surface area contributed by atoms with Crippen LogP contribution in [0.1, 0.15) is 43.1 Å². The Morgan fingerprint density at radius 2 is 2.20 bits per heavy atom. The van der Waals surface area contributed by atoms with E-state index in [4.69, 9.17) is 11.6 Å². The van der Waals surface area contributed by atoms with Crippen molar-refractivity contribution in [2.75, 3.05) is 0 Å². The predicted octanol–water partition coefficient (Wildman–Crippen LogP) is 3.44.